The summed E-state index contributed by atoms with van der Waals surface area (Å²) in [6.45, 7) is 2.55. The standard InChI is InChI=1S/C13H24N2/c1-2-6-11(5-1)15-10-9-14-12-7-3-4-8-13(12)15/h11-14H,1-10H2/t12-,13+/m0/s1. The molecule has 2 heteroatoms. The van der Waals surface area contributed by atoms with Crippen LogP contribution in [-0.4, -0.2) is 36.1 Å². The smallest absolute Gasteiger partial charge is 0.0252 e. The summed E-state index contributed by atoms with van der Waals surface area (Å²) in [5.41, 5.74) is 0. The monoisotopic (exact) mass is 208 g/mol. The normalized spacial score (nSPS) is 39.2. The predicted molar refractivity (Wildman–Crippen MR) is 63.0 cm³/mol. The molecule has 0 amide bonds. The fraction of sp³-hybridized carbons (Fsp3) is 1.00. The van der Waals surface area contributed by atoms with Crippen LogP contribution in [0.5, 0.6) is 0 Å². The minimum Gasteiger partial charge on any atom is -0.311 e. The summed E-state index contributed by atoms with van der Waals surface area (Å²) >= 11 is 0. The lowest BCUT2D eigenvalue weighted by atomic mass is 9.86. The summed E-state index contributed by atoms with van der Waals surface area (Å²) in [6, 6.07) is 2.65. The van der Waals surface area contributed by atoms with Crippen LogP contribution in [-0.2, 0) is 0 Å². The van der Waals surface area contributed by atoms with E-state index in [0.717, 1.165) is 18.1 Å². The Hall–Kier alpha value is -0.0800. The molecule has 1 heterocycles. The first-order valence-electron chi connectivity index (χ1n) is 6.94. The molecule has 0 bridgehead atoms. The van der Waals surface area contributed by atoms with Crippen molar-refractivity contribution in [3.05, 3.63) is 0 Å². The van der Waals surface area contributed by atoms with Crippen molar-refractivity contribution in [3.8, 4) is 0 Å². The molecular weight excluding hydrogens is 184 g/mol. The van der Waals surface area contributed by atoms with E-state index in [-0.39, 0.29) is 0 Å². The van der Waals surface area contributed by atoms with Gasteiger partial charge in [-0.2, -0.15) is 0 Å². The highest BCUT2D eigenvalue weighted by Gasteiger charge is 2.36. The fourth-order valence-electron chi connectivity index (χ4n) is 3.98. The number of rotatable bonds is 1. The van der Waals surface area contributed by atoms with Gasteiger partial charge in [-0.25, -0.2) is 0 Å². The highest BCUT2D eigenvalue weighted by molar-refractivity contribution is 4.95. The van der Waals surface area contributed by atoms with Gasteiger partial charge in [0.1, 0.15) is 0 Å². The SMILES string of the molecule is C1CCC(N2CCN[C@H]3CCCC[C@H]32)C1. The molecule has 0 aromatic carbocycles. The largest absolute Gasteiger partial charge is 0.311 e. The Labute approximate surface area is 93.4 Å². The van der Waals surface area contributed by atoms with Crippen LogP contribution in [0.25, 0.3) is 0 Å². The highest BCUT2D eigenvalue weighted by Crippen LogP contribution is 2.32. The molecule has 0 unspecified atom stereocenters. The second-order valence-corrected chi connectivity index (χ2v) is 5.59. The van der Waals surface area contributed by atoms with Crippen molar-refractivity contribution in [2.45, 2.75) is 69.5 Å². The number of nitrogens with zero attached hydrogens (tertiary/aromatic N) is 1. The minimum absolute atomic E-state index is 0.827. The fourth-order valence-corrected chi connectivity index (χ4v) is 3.98. The number of fused-ring (bicyclic) bond motifs is 1. The third-order valence-corrected chi connectivity index (χ3v) is 4.73. The van der Waals surface area contributed by atoms with Gasteiger partial charge in [-0.15, -0.1) is 0 Å². The van der Waals surface area contributed by atoms with Crippen LogP contribution in [0.4, 0.5) is 0 Å². The second-order valence-electron chi connectivity index (χ2n) is 5.59. The van der Waals surface area contributed by atoms with Crippen molar-refractivity contribution in [2.24, 2.45) is 0 Å². The molecule has 1 N–H and O–H groups in total. The van der Waals surface area contributed by atoms with Gasteiger partial charge in [-0.3, -0.25) is 4.90 Å². The lowest BCUT2D eigenvalue weighted by Gasteiger charge is -2.47. The Morgan fingerprint density at radius 2 is 1.60 bits per heavy atom. The molecule has 3 rings (SSSR count). The molecule has 2 saturated carbocycles. The van der Waals surface area contributed by atoms with E-state index < -0.39 is 0 Å². The van der Waals surface area contributed by atoms with Gasteiger partial charge in [0.05, 0.1) is 0 Å². The summed E-state index contributed by atoms with van der Waals surface area (Å²) in [4.78, 5) is 2.87. The Morgan fingerprint density at radius 1 is 0.867 bits per heavy atom. The van der Waals surface area contributed by atoms with Gasteiger partial charge in [-0.05, 0) is 25.7 Å². The van der Waals surface area contributed by atoms with Crippen LogP contribution in [0.15, 0.2) is 0 Å². The van der Waals surface area contributed by atoms with Gasteiger partial charge in [-0.1, -0.05) is 25.7 Å². The van der Waals surface area contributed by atoms with Crippen molar-refractivity contribution >= 4 is 0 Å². The summed E-state index contributed by atoms with van der Waals surface area (Å²) in [5, 5.41) is 3.73. The third-order valence-electron chi connectivity index (χ3n) is 4.73. The molecule has 0 aromatic rings. The molecule has 2 nitrogen and oxygen atoms in total. The number of hydrogen-bond acceptors (Lipinski definition) is 2. The van der Waals surface area contributed by atoms with Crippen LogP contribution in [0.3, 0.4) is 0 Å². The van der Waals surface area contributed by atoms with Crippen molar-refractivity contribution < 1.29 is 0 Å². The van der Waals surface area contributed by atoms with Crippen molar-refractivity contribution in [1.29, 1.82) is 0 Å². The minimum atomic E-state index is 0.827. The summed E-state index contributed by atoms with van der Waals surface area (Å²) in [7, 11) is 0. The highest BCUT2D eigenvalue weighted by atomic mass is 15.3. The zero-order chi connectivity index (χ0) is 10.1. The maximum atomic E-state index is 3.73. The van der Waals surface area contributed by atoms with Crippen LogP contribution >= 0.6 is 0 Å². The summed E-state index contributed by atoms with van der Waals surface area (Å²) in [5.74, 6) is 0. The first kappa shape index (κ1) is 10.1. The van der Waals surface area contributed by atoms with E-state index in [4.69, 9.17) is 0 Å². The molecule has 3 fully saturated rings. The molecule has 3 aliphatic rings. The molecule has 1 aliphatic heterocycles. The van der Waals surface area contributed by atoms with Gasteiger partial charge >= 0.3 is 0 Å². The van der Waals surface area contributed by atoms with E-state index in [2.05, 4.69) is 10.2 Å². The average Bonchev–Trinajstić information content (AvgIpc) is 2.82. The van der Waals surface area contributed by atoms with Gasteiger partial charge in [0.2, 0.25) is 0 Å². The molecule has 0 aromatic heterocycles. The van der Waals surface area contributed by atoms with Crippen LogP contribution < -0.4 is 5.32 Å². The lowest BCUT2D eigenvalue weighted by Crippen LogP contribution is -2.61. The number of nitrogens with one attached hydrogen (secondary N) is 1. The molecule has 0 spiro atoms. The molecular formula is C13H24N2. The Balaban J connectivity index is 1.69. The summed E-state index contributed by atoms with van der Waals surface area (Å²) < 4.78 is 0. The van der Waals surface area contributed by atoms with E-state index in [1.807, 2.05) is 0 Å². The van der Waals surface area contributed by atoms with Crippen molar-refractivity contribution in [2.75, 3.05) is 13.1 Å². The van der Waals surface area contributed by atoms with Gasteiger partial charge in [0.15, 0.2) is 0 Å². The predicted octanol–water partition coefficient (Wildman–Crippen LogP) is 2.15. The maximum Gasteiger partial charge on any atom is 0.0252 e. The van der Waals surface area contributed by atoms with Crippen LogP contribution in [0.2, 0.25) is 0 Å². The second kappa shape index (κ2) is 4.42. The number of hydrogen-bond donors (Lipinski definition) is 1. The first-order valence-corrected chi connectivity index (χ1v) is 6.94. The average molecular weight is 208 g/mol. The Bertz CT molecular complexity index is 209. The van der Waals surface area contributed by atoms with Gasteiger partial charge in [0.25, 0.3) is 0 Å². The topological polar surface area (TPSA) is 15.3 Å². The van der Waals surface area contributed by atoms with Crippen molar-refractivity contribution in [3.63, 3.8) is 0 Å². The lowest BCUT2D eigenvalue weighted by molar-refractivity contribution is 0.0513. The zero-order valence-electron chi connectivity index (χ0n) is 9.75. The number of piperazine rings is 1. The molecule has 86 valence electrons. The molecule has 2 aliphatic carbocycles. The van der Waals surface area contributed by atoms with E-state index in [9.17, 15) is 0 Å². The molecule has 0 radical (unpaired) electrons. The van der Waals surface area contributed by atoms with E-state index in [1.165, 1.54) is 64.5 Å². The van der Waals surface area contributed by atoms with Crippen molar-refractivity contribution in [1.82, 2.24) is 10.2 Å². The molecule has 15 heavy (non-hydrogen) atoms. The van der Waals surface area contributed by atoms with E-state index >= 15 is 0 Å². The van der Waals surface area contributed by atoms with Crippen LogP contribution in [0, 0.1) is 0 Å². The van der Waals surface area contributed by atoms with Gasteiger partial charge in [0, 0.05) is 31.2 Å². The third kappa shape index (κ3) is 1.94. The molecule has 2 atom stereocenters. The summed E-state index contributed by atoms with van der Waals surface area (Å²) in [6.07, 6.45) is 11.7. The zero-order valence-corrected chi connectivity index (χ0v) is 9.75. The maximum absolute atomic E-state index is 3.73. The Morgan fingerprint density at radius 3 is 2.47 bits per heavy atom. The first-order chi connectivity index (χ1) is 7.45. The van der Waals surface area contributed by atoms with Gasteiger partial charge < -0.3 is 5.32 Å². The Kier molecular flexibility index (Phi) is 2.98. The molecule has 1 saturated heterocycles. The van der Waals surface area contributed by atoms with E-state index in [1.54, 1.807) is 0 Å². The van der Waals surface area contributed by atoms with Crippen LogP contribution in [0.1, 0.15) is 51.4 Å². The quantitative estimate of drug-likeness (QED) is 0.710. The van der Waals surface area contributed by atoms with E-state index in [0.29, 0.717) is 0 Å².